The molecule has 0 radical (unpaired) electrons. The number of nitrogens with zero attached hydrogens (tertiary/aromatic N) is 2. The molecule has 0 bridgehead atoms. The summed E-state index contributed by atoms with van der Waals surface area (Å²) in [4.78, 5) is 7.09. The van der Waals surface area contributed by atoms with Crippen LogP contribution in [0.4, 0.5) is 5.69 Å². The van der Waals surface area contributed by atoms with Crippen LogP contribution in [-0.4, -0.2) is 23.0 Å². The Bertz CT molecular complexity index is 594. The molecule has 2 N–H and O–H groups in total. The van der Waals surface area contributed by atoms with E-state index in [-0.39, 0.29) is 0 Å². The molecule has 1 unspecified atom stereocenters. The molecule has 3 rings (SSSR count). The summed E-state index contributed by atoms with van der Waals surface area (Å²) >= 11 is 0. The molecule has 1 aromatic carbocycles. The van der Waals surface area contributed by atoms with Gasteiger partial charge in [-0.05, 0) is 49.1 Å². The van der Waals surface area contributed by atoms with Crippen LogP contribution in [0.5, 0.6) is 0 Å². The van der Waals surface area contributed by atoms with Gasteiger partial charge < -0.3 is 5.73 Å². The topological polar surface area (TPSA) is 42.1 Å². The van der Waals surface area contributed by atoms with Gasteiger partial charge in [0.1, 0.15) is 0 Å². The van der Waals surface area contributed by atoms with Gasteiger partial charge >= 0.3 is 0 Å². The zero-order chi connectivity index (χ0) is 13.9. The van der Waals surface area contributed by atoms with E-state index in [1.807, 2.05) is 18.3 Å². The van der Waals surface area contributed by atoms with Crippen LogP contribution in [0.2, 0.25) is 0 Å². The lowest BCUT2D eigenvalue weighted by Gasteiger charge is -2.17. The number of benzene rings is 1. The minimum Gasteiger partial charge on any atom is -0.398 e. The fourth-order valence-corrected chi connectivity index (χ4v) is 3.32. The molecule has 1 aliphatic heterocycles. The lowest BCUT2D eigenvalue weighted by molar-refractivity contribution is 0.314. The molecule has 1 atom stereocenters. The highest BCUT2D eigenvalue weighted by Gasteiger charge is 2.22. The van der Waals surface area contributed by atoms with Gasteiger partial charge in [0, 0.05) is 30.4 Å². The summed E-state index contributed by atoms with van der Waals surface area (Å²) in [5, 5.41) is 1.08. The molecule has 1 aliphatic rings. The van der Waals surface area contributed by atoms with E-state index in [1.165, 1.54) is 37.9 Å². The van der Waals surface area contributed by atoms with Gasteiger partial charge in [-0.25, -0.2) is 0 Å². The average molecular weight is 269 g/mol. The molecule has 0 amide bonds. The van der Waals surface area contributed by atoms with Crippen LogP contribution >= 0.6 is 0 Å². The predicted octanol–water partition coefficient (Wildman–Crippen LogP) is 3.44. The summed E-state index contributed by atoms with van der Waals surface area (Å²) in [6, 6.07) is 8.16. The van der Waals surface area contributed by atoms with E-state index in [2.05, 4.69) is 28.9 Å². The number of pyridine rings is 1. The molecule has 1 aromatic heterocycles. The van der Waals surface area contributed by atoms with Gasteiger partial charge in [0.15, 0.2) is 0 Å². The van der Waals surface area contributed by atoms with E-state index in [0.29, 0.717) is 0 Å². The first-order valence-electron chi connectivity index (χ1n) is 7.62. The first kappa shape index (κ1) is 13.4. The second kappa shape index (κ2) is 5.80. The van der Waals surface area contributed by atoms with Crippen LogP contribution in [0.1, 0.15) is 31.7 Å². The monoisotopic (exact) mass is 269 g/mol. The van der Waals surface area contributed by atoms with Crippen LogP contribution in [0.25, 0.3) is 10.9 Å². The van der Waals surface area contributed by atoms with Crippen molar-refractivity contribution < 1.29 is 0 Å². The normalized spacial score (nSPS) is 19.8. The highest BCUT2D eigenvalue weighted by Crippen LogP contribution is 2.27. The van der Waals surface area contributed by atoms with Crippen molar-refractivity contribution in [1.29, 1.82) is 0 Å². The molecule has 20 heavy (non-hydrogen) atoms. The standard InChI is InChI=1S/C17H23N3/c1-2-4-13-8-10-20(11-13)12-14-6-7-16(18)15-5-3-9-19-17(14)15/h3,5-7,9,13H,2,4,8,10-12,18H2,1H3. The molecule has 1 fully saturated rings. The van der Waals surface area contributed by atoms with Crippen LogP contribution in [0.15, 0.2) is 30.5 Å². The van der Waals surface area contributed by atoms with Gasteiger partial charge in [-0.3, -0.25) is 9.88 Å². The van der Waals surface area contributed by atoms with Gasteiger partial charge in [0.2, 0.25) is 0 Å². The Kier molecular flexibility index (Phi) is 3.88. The number of nitrogen functional groups attached to an aromatic ring is 1. The molecule has 2 aromatic rings. The van der Waals surface area contributed by atoms with Crippen LogP contribution in [0.3, 0.4) is 0 Å². The Morgan fingerprint density at radius 2 is 2.25 bits per heavy atom. The number of anilines is 1. The van der Waals surface area contributed by atoms with Gasteiger partial charge in [-0.1, -0.05) is 19.4 Å². The summed E-state index contributed by atoms with van der Waals surface area (Å²) < 4.78 is 0. The molecule has 0 saturated carbocycles. The highest BCUT2D eigenvalue weighted by atomic mass is 15.1. The molecule has 3 heteroatoms. The van der Waals surface area contributed by atoms with Crippen LogP contribution in [0, 0.1) is 5.92 Å². The summed E-state index contributed by atoms with van der Waals surface area (Å²) in [7, 11) is 0. The Hall–Kier alpha value is -1.61. The maximum absolute atomic E-state index is 6.04. The van der Waals surface area contributed by atoms with Crippen molar-refractivity contribution in [2.24, 2.45) is 5.92 Å². The second-order valence-electron chi connectivity index (χ2n) is 5.89. The van der Waals surface area contributed by atoms with E-state index in [1.54, 1.807) is 0 Å². The van der Waals surface area contributed by atoms with Crippen molar-refractivity contribution in [3.8, 4) is 0 Å². The third kappa shape index (κ3) is 2.63. The molecule has 3 nitrogen and oxygen atoms in total. The third-order valence-corrected chi connectivity index (χ3v) is 4.35. The van der Waals surface area contributed by atoms with Crippen molar-refractivity contribution >= 4 is 16.6 Å². The zero-order valence-corrected chi connectivity index (χ0v) is 12.2. The summed E-state index contributed by atoms with van der Waals surface area (Å²) in [5.41, 5.74) is 9.22. The fourth-order valence-electron chi connectivity index (χ4n) is 3.32. The second-order valence-corrected chi connectivity index (χ2v) is 5.89. The van der Waals surface area contributed by atoms with E-state index < -0.39 is 0 Å². The van der Waals surface area contributed by atoms with Gasteiger partial charge in [0.25, 0.3) is 0 Å². The molecule has 0 spiro atoms. The summed E-state index contributed by atoms with van der Waals surface area (Å²) in [5.74, 6) is 0.882. The summed E-state index contributed by atoms with van der Waals surface area (Å²) in [6.07, 6.45) is 5.85. The number of nitrogens with two attached hydrogens (primary N) is 1. The van der Waals surface area contributed by atoms with Crippen molar-refractivity contribution in [3.05, 3.63) is 36.0 Å². The molecule has 1 saturated heterocycles. The van der Waals surface area contributed by atoms with Gasteiger partial charge in [-0.2, -0.15) is 0 Å². The number of hydrogen-bond acceptors (Lipinski definition) is 3. The number of likely N-dealkylation sites (tertiary alicyclic amines) is 1. The maximum atomic E-state index is 6.04. The molecular weight excluding hydrogens is 246 g/mol. The predicted molar refractivity (Wildman–Crippen MR) is 84.4 cm³/mol. The quantitative estimate of drug-likeness (QED) is 0.865. The van der Waals surface area contributed by atoms with Crippen LogP contribution < -0.4 is 5.73 Å². The lowest BCUT2D eigenvalue weighted by Crippen LogP contribution is -2.20. The Morgan fingerprint density at radius 1 is 1.35 bits per heavy atom. The van der Waals surface area contributed by atoms with Crippen molar-refractivity contribution in [2.75, 3.05) is 18.8 Å². The molecule has 0 aliphatic carbocycles. The van der Waals surface area contributed by atoms with Crippen molar-refractivity contribution in [1.82, 2.24) is 9.88 Å². The smallest absolute Gasteiger partial charge is 0.0767 e. The zero-order valence-electron chi connectivity index (χ0n) is 12.2. The van der Waals surface area contributed by atoms with E-state index >= 15 is 0 Å². The largest absolute Gasteiger partial charge is 0.398 e. The molecule has 106 valence electrons. The van der Waals surface area contributed by atoms with E-state index in [9.17, 15) is 0 Å². The lowest BCUT2D eigenvalue weighted by atomic mass is 10.0. The van der Waals surface area contributed by atoms with E-state index in [4.69, 9.17) is 5.73 Å². The Labute approximate surface area is 120 Å². The number of rotatable bonds is 4. The fraction of sp³-hybridized carbons (Fsp3) is 0.471. The van der Waals surface area contributed by atoms with Crippen LogP contribution in [-0.2, 0) is 6.54 Å². The third-order valence-electron chi connectivity index (χ3n) is 4.35. The number of fused-ring (bicyclic) bond motifs is 1. The minimum absolute atomic E-state index is 0.821. The Balaban J connectivity index is 1.80. The Morgan fingerprint density at radius 3 is 3.10 bits per heavy atom. The highest BCUT2D eigenvalue weighted by molar-refractivity contribution is 5.92. The number of aromatic nitrogens is 1. The maximum Gasteiger partial charge on any atom is 0.0767 e. The average Bonchev–Trinajstić information content (AvgIpc) is 2.90. The van der Waals surface area contributed by atoms with E-state index in [0.717, 1.165) is 29.1 Å². The summed E-state index contributed by atoms with van der Waals surface area (Å²) in [6.45, 7) is 5.71. The van der Waals surface area contributed by atoms with Crippen molar-refractivity contribution in [3.63, 3.8) is 0 Å². The molecular formula is C17H23N3. The number of hydrogen-bond donors (Lipinski definition) is 1. The molecule has 2 heterocycles. The van der Waals surface area contributed by atoms with Crippen molar-refractivity contribution in [2.45, 2.75) is 32.7 Å². The first-order valence-corrected chi connectivity index (χ1v) is 7.62. The van der Waals surface area contributed by atoms with Gasteiger partial charge in [-0.15, -0.1) is 0 Å². The minimum atomic E-state index is 0.821. The van der Waals surface area contributed by atoms with Gasteiger partial charge in [0.05, 0.1) is 5.52 Å². The first-order chi connectivity index (χ1) is 9.78. The SMILES string of the molecule is CCCC1CCN(Cc2ccc(N)c3cccnc23)C1.